The fourth-order valence-electron chi connectivity index (χ4n) is 3.13. The summed E-state index contributed by atoms with van der Waals surface area (Å²) in [6, 6.07) is 26.9. The quantitative estimate of drug-likeness (QED) is 0.421. The molecule has 3 aromatic carbocycles. The highest BCUT2D eigenvalue weighted by Crippen LogP contribution is 2.39. The van der Waals surface area contributed by atoms with Crippen molar-refractivity contribution in [3.8, 4) is 0 Å². The maximum absolute atomic E-state index is 6.49. The van der Waals surface area contributed by atoms with Crippen LogP contribution in [0.2, 0.25) is 5.02 Å². The van der Waals surface area contributed by atoms with Gasteiger partial charge >= 0.3 is 0 Å². The zero-order valence-corrected chi connectivity index (χ0v) is 16.4. The normalized spacial score (nSPS) is 16.8. The monoisotopic (exact) mass is 458 g/mol. The van der Waals surface area contributed by atoms with E-state index in [-0.39, 0.29) is 6.04 Å². The van der Waals surface area contributed by atoms with E-state index in [4.69, 9.17) is 16.7 Å². The molecule has 1 aliphatic heterocycles. The van der Waals surface area contributed by atoms with E-state index >= 15 is 0 Å². The van der Waals surface area contributed by atoms with E-state index in [9.17, 15) is 0 Å². The summed E-state index contributed by atoms with van der Waals surface area (Å²) in [6.45, 7) is 0. The Labute approximate surface area is 166 Å². The summed E-state index contributed by atoms with van der Waals surface area (Å²) in [7, 11) is 0. The highest BCUT2D eigenvalue weighted by Gasteiger charge is 2.31. The summed E-state index contributed by atoms with van der Waals surface area (Å²) in [5, 5.41) is 7.82. The first-order valence-electron chi connectivity index (χ1n) is 8.14. The topological polar surface area (TPSA) is 15.6 Å². The van der Waals surface area contributed by atoms with Gasteiger partial charge in [-0.3, -0.25) is 5.01 Å². The van der Waals surface area contributed by atoms with Gasteiger partial charge in [-0.25, -0.2) is 0 Å². The van der Waals surface area contributed by atoms with Crippen LogP contribution < -0.4 is 5.01 Å². The van der Waals surface area contributed by atoms with Crippen LogP contribution in [-0.4, -0.2) is 5.71 Å². The van der Waals surface area contributed by atoms with Crippen LogP contribution in [0.3, 0.4) is 0 Å². The van der Waals surface area contributed by atoms with Crippen LogP contribution >= 0.6 is 34.2 Å². The number of nitrogens with zero attached hydrogens (tertiary/aromatic N) is 2. The van der Waals surface area contributed by atoms with Gasteiger partial charge in [0.2, 0.25) is 0 Å². The van der Waals surface area contributed by atoms with Gasteiger partial charge in [0.25, 0.3) is 0 Å². The number of rotatable bonds is 3. The molecular formula is C21H16ClIN2. The van der Waals surface area contributed by atoms with Crippen molar-refractivity contribution in [2.45, 2.75) is 12.5 Å². The van der Waals surface area contributed by atoms with E-state index in [2.05, 4.69) is 70.1 Å². The molecule has 1 aliphatic rings. The summed E-state index contributed by atoms with van der Waals surface area (Å²) in [5.74, 6) is 0. The lowest BCUT2D eigenvalue weighted by molar-refractivity contribution is 0.709. The molecule has 2 nitrogen and oxygen atoms in total. The van der Waals surface area contributed by atoms with E-state index in [0.717, 1.165) is 34.0 Å². The molecule has 0 amide bonds. The van der Waals surface area contributed by atoms with E-state index in [1.165, 1.54) is 3.57 Å². The summed E-state index contributed by atoms with van der Waals surface area (Å²) in [6.07, 6.45) is 0.833. The van der Waals surface area contributed by atoms with Gasteiger partial charge in [-0.2, -0.15) is 5.10 Å². The molecule has 0 unspecified atom stereocenters. The summed E-state index contributed by atoms with van der Waals surface area (Å²) < 4.78 is 1.22. The van der Waals surface area contributed by atoms with Crippen LogP contribution in [0, 0.1) is 3.57 Å². The number of hydrogen-bond donors (Lipinski definition) is 0. The zero-order valence-electron chi connectivity index (χ0n) is 13.4. The maximum Gasteiger partial charge on any atom is 0.0846 e. The van der Waals surface area contributed by atoms with Gasteiger partial charge in [0.15, 0.2) is 0 Å². The molecule has 25 heavy (non-hydrogen) atoms. The molecule has 0 N–H and O–H groups in total. The van der Waals surface area contributed by atoms with Gasteiger partial charge in [0.05, 0.1) is 17.4 Å². The number of halogens is 2. The Morgan fingerprint density at radius 2 is 1.56 bits per heavy atom. The fourth-order valence-corrected chi connectivity index (χ4v) is 3.75. The van der Waals surface area contributed by atoms with Gasteiger partial charge in [0, 0.05) is 15.0 Å². The predicted molar refractivity (Wildman–Crippen MR) is 113 cm³/mol. The first kappa shape index (κ1) is 16.6. The van der Waals surface area contributed by atoms with E-state index in [0.29, 0.717) is 0 Å². The van der Waals surface area contributed by atoms with Crippen molar-refractivity contribution in [2.75, 3.05) is 5.01 Å². The lowest BCUT2D eigenvalue weighted by Crippen LogP contribution is -2.18. The second-order valence-corrected chi connectivity index (χ2v) is 7.63. The highest BCUT2D eigenvalue weighted by atomic mass is 127. The van der Waals surface area contributed by atoms with Gasteiger partial charge in [0.1, 0.15) is 0 Å². The zero-order chi connectivity index (χ0) is 17.2. The Morgan fingerprint density at radius 1 is 0.880 bits per heavy atom. The number of anilines is 1. The number of hydrazone groups is 1. The lowest BCUT2D eigenvalue weighted by Gasteiger charge is -2.24. The van der Waals surface area contributed by atoms with Gasteiger partial charge in [-0.15, -0.1) is 0 Å². The maximum atomic E-state index is 6.49. The second-order valence-electron chi connectivity index (χ2n) is 5.98. The third-order valence-electron chi connectivity index (χ3n) is 4.37. The van der Waals surface area contributed by atoms with Crippen molar-refractivity contribution >= 4 is 45.6 Å². The number of para-hydroxylation sites is 1. The average Bonchev–Trinajstić information content (AvgIpc) is 3.08. The van der Waals surface area contributed by atoms with Crippen LogP contribution in [0.1, 0.15) is 23.6 Å². The van der Waals surface area contributed by atoms with Crippen LogP contribution in [0.4, 0.5) is 5.69 Å². The Morgan fingerprint density at radius 3 is 2.28 bits per heavy atom. The fraction of sp³-hybridized carbons (Fsp3) is 0.0952. The molecule has 0 aliphatic carbocycles. The van der Waals surface area contributed by atoms with Crippen molar-refractivity contribution in [1.82, 2.24) is 0 Å². The second kappa shape index (κ2) is 7.18. The Hall–Kier alpha value is -1.85. The van der Waals surface area contributed by atoms with E-state index in [1.807, 2.05) is 36.4 Å². The molecule has 124 valence electrons. The summed E-state index contributed by atoms with van der Waals surface area (Å²) in [5.41, 5.74) is 4.44. The third kappa shape index (κ3) is 3.44. The number of benzene rings is 3. The molecule has 0 saturated carbocycles. The molecule has 1 atom stereocenters. The third-order valence-corrected chi connectivity index (χ3v) is 5.44. The molecule has 4 heteroatoms. The van der Waals surface area contributed by atoms with Gasteiger partial charge in [-0.1, -0.05) is 60.1 Å². The van der Waals surface area contributed by atoms with E-state index in [1.54, 1.807) is 0 Å². The molecule has 4 rings (SSSR count). The van der Waals surface area contributed by atoms with Crippen molar-refractivity contribution in [2.24, 2.45) is 5.10 Å². The Bertz CT molecular complexity index is 907. The molecule has 1 heterocycles. The summed E-state index contributed by atoms with van der Waals surface area (Å²) >= 11 is 8.82. The van der Waals surface area contributed by atoms with Crippen LogP contribution in [-0.2, 0) is 0 Å². The number of hydrogen-bond acceptors (Lipinski definition) is 2. The first-order valence-corrected chi connectivity index (χ1v) is 9.60. The molecular weight excluding hydrogens is 443 g/mol. The SMILES string of the molecule is Clc1ccccc1[C@@H]1CC(c2ccc(I)cc2)=NN1c1ccccc1. The largest absolute Gasteiger partial charge is 0.257 e. The van der Waals surface area contributed by atoms with Gasteiger partial charge in [-0.05, 0) is 64.0 Å². The minimum atomic E-state index is 0.102. The first-order chi connectivity index (χ1) is 12.2. The van der Waals surface area contributed by atoms with Crippen molar-refractivity contribution in [3.63, 3.8) is 0 Å². The van der Waals surface area contributed by atoms with Crippen LogP contribution in [0.25, 0.3) is 0 Å². The predicted octanol–water partition coefficient (Wildman–Crippen LogP) is 6.30. The molecule has 0 saturated heterocycles. The molecule has 0 fully saturated rings. The van der Waals surface area contributed by atoms with Crippen molar-refractivity contribution in [1.29, 1.82) is 0 Å². The summed E-state index contributed by atoms with van der Waals surface area (Å²) in [4.78, 5) is 0. The van der Waals surface area contributed by atoms with Crippen LogP contribution in [0.15, 0.2) is 84.0 Å². The van der Waals surface area contributed by atoms with Crippen LogP contribution in [0.5, 0.6) is 0 Å². The molecule has 0 bridgehead atoms. The Balaban J connectivity index is 1.77. The molecule has 0 aromatic heterocycles. The van der Waals surface area contributed by atoms with Gasteiger partial charge < -0.3 is 0 Å². The highest BCUT2D eigenvalue weighted by molar-refractivity contribution is 14.1. The standard InChI is InChI=1S/C21H16ClIN2/c22-19-9-5-4-8-18(19)21-14-20(15-10-12-16(23)13-11-15)24-25(21)17-6-2-1-3-7-17/h1-13,21H,14H2/t21-/m0/s1. The average molecular weight is 459 g/mol. The van der Waals surface area contributed by atoms with Crippen molar-refractivity contribution in [3.05, 3.63) is 98.6 Å². The Kier molecular flexibility index (Phi) is 4.77. The lowest BCUT2D eigenvalue weighted by atomic mass is 9.98. The van der Waals surface area contributed by atoms with Crippen molar-refractivity contribution < 1.29 is 0 Å². The molecule has 0 spiro atoms. The minimum Gasteiger partial charge on any atom is -0.257 e. The minimum absolute atomic E-state index is 0.102. The van der Waals surface area contributed by atoms with E-state index < -0.39 is 0 Å². The molecule has 0 radical (unpaired) electrons. The smallest absolute Gasteiger partial charge is 0.0846 e. The molecule has 3 aromatic rings.